The third kappa shape index (κ3) is 4.98. The number of carbonyl (C=O) groups excluding carboxylic acids is 2. The summed E-state index contributed by atoms with van der Waals surface area (Å²) < 4.78 is 9.98. The molecule has 2 atom stereocenters. The first-order valence-electron chi connectivity index (χ1n) is 11.4. The van der Waals surface area contributed by atoms with Crippen LogP contribution in [0.5, 0.6) is 0 Å². The van der Waals surface area contributed by atoms with Gasteiger partial charge in [0.2, 0.25) is 6.04 Å². The van der Waals surface area contributed by atoms with Gasteiger partial charge in [0.05, 0.1) is 7.05 Å². The summed E-state index contributed by atoms with van der Waals surface area (Å²) in [7, 11) is 1.24. The lowest BCUT2D eigenvalue weighted by atomic mass is 9.98. The van der Waals surface area contributed by atoms with Crippen molar-refractivity contribution in [2.24, 2.45) is 5.73 Å². The van der Waals surface area contributed by atoms with E-state index in [1.807, 2.05) is 48.5 Å². The van der Waals surface area contributed by atoms with Crippen LogP contribution in [-0.2, 0) is 14.3 Å². The van der Waals surface area contributed by atoms with Crippen LogP contribution in [-0.4, -0.2) is 59.6 Å². The maximum absolute atomic E-state index is 13.4. The van der Waals surface area contributed by atoms with Crippen molar-refractivity contribution >= 4 is 18.2 Å². The highest BCUT2D eigenvalue weighted by Gasteiger charge is 2.55. The van der Waals surface area contributed by atoms with Crippen molar-refractivity contribution in [2.45, 2.75) is 51.2 Å². The second-order valence-electron chi connectivity index (χ2n) is 9.64. The molecule has 34 heavy (non-hydrogen) atoms. The Labute approximate surface area is 199 Å². The molecule has 2 amide bonds. The Bertz CT molecular complexity index is 1030. The number of quaternary nitrogens is 1. The molecule has 8 heteroatoms. The molecule has 8 nitrogen and oxygen atoms in total. The molecular weight excluding hydrogens is 436 g/mol. The molecule has 0 aliphatic heterocycles. The Balaban J connectivity index is 1.91. The maximum atomic E-state index is 13.4. The predicted octanol–water partition coefficient (Wildman–Crippen LogP) is 4.51. The fraction of sp³-hybridized carbons (Fsp3) is 0.423. The standard InChI is InChI=1S/C26H32N2O6/c1-26(2,3)34-25(32)28(4,22(23(29)30)14-9-15-27)24(31)33-16-21-19-12-7-5-10-17(19)18-11-6-8-13-20(18)21/h5-8,10-13,21-22H,9,14-16,27H2,1-4H3/p+1/t22-,28?/m0/s1. The van der Waals surface area contributed by atoms with Gasteiger partial charge in [-0.3, -0.25) is 0 Å². The number of hydrogen-bond acceptors (Lipinski definition) is 6. The summed E-state index contributed by atoms with van der Waals surface area (Å²) in [4.78, 5) is 38.8. The van der Waals surface area contributed by atoms with Crippen LogP contribution in [0, 0.1) is 0 Å². The van der Waals surface area contributed by atoms with Crippen LogP contribution in [0.1, 0.15) is 50.7 Å². The van der Waals surface area contributed by atoms with Gasteiger partial charge in [0.1, 0.15) is 12.2 Å². The van der Waals surface area contributed by atoms with Gasteiger partial charge in [-0.1, -0.05) is 48.5 Å². The van der Waals surface area contributed by atoms with Gasteiger partial charge in [0, 0.05) is 12.3 Å². The fourth-order valence-corrected chi connectivity index (χ4v) is 4.33. The first kappa shape index (κ1) is 25.4. The first-order valence-corrected chi connectivity index (χ1v) is 11.4. The van der Waals surface area contributed by atoms with Gasteiger partial charge in [-0.2, -0.15) is 9.59 Å². The third-order valence-electron chi connectivity index (χ3n) is 6.08. The second kappa shape index (κ2) is 9.95. The van der Waals surface area contributed by atoms with E-state index in [-0.39, 0.29) is 25.5 Å². The van der Waals surface area contributed by atoms with E-state index in [9.17, 15) is 19.5 Å². The van der Waals surface area contributed by atoms with Crippen molar-refractivity contribution in [1.29, 1.82) is 0 Å². The zero-order valence-corrected chi connectivity index (χ0v) is 20.1. The summed E-state index contributed by atoms with van der Waals surface area (Å²) in [5, 5.41) is 9.90. The van der Waals surface area contributed by atoms with Gasteiger partial charge < -0.3 is 20.3 Å². The Hall–Kier alpha value is -3.23. The Morgan fingerprint density at radius 1 is 1.00 bits per heavy atom. The molecule has 0 bridgehead atoms. The second-order valence-corrected chi connectivity index (χ2v) is 9.64. The van der Waals surface area contributed by atoms with Gasteiger partial charge in [-0.05, 0) is 56.0 Å². The number of nitrogens with zero attached hydrogens (tertiary/aromatic N) is 1. The summed E-state index contributed by atoms with van der Waals surface area (Å²) >= 11 is 0. The highest BCUT2D eigenvalue weighted by Crippen LogP contribution is 2.44. The minimum Gasteiger partial charge on any atom is -0.477 e. The highest BCUT2D eigenvalue weighted by molar-refractivity contribution is 5.83. The van der Waals surface area contributed by atoms with Crippen LogP contribution in [0.3, 0.4) is 0 Å². The van der Waals surface area contributed by atoms with E-state index in [4.69, 9.17) is 15.2 Å². The number of carboxylic acids is 1. The largest absolute Gasteiger partial charge is 0.527 e. The Morgan fingerprint density at radius 3 is 2.00 bits per heavy atom. The van der Waals surface area contributed by atoms with E-state index in [1.54, 1.807) is 20.8 Å². The van der Waals surface area contributed by atoms with Crippen LogP contribution in [0.2, 0.25) is 0 Å². The molecule has 0 saturated heterocycles. The molecule has 1 unspecified atom stereocenters. The zero-order chi connectivity index (χ0) is 25.1. The van der Waals surface area contributed by atoms with Crippen LogP contribution in [0.15, 0.2) is 48.5 Å². The minimum atomic E-state index is -1.39. The van der Waals surface area contributed by atoms with Crippen molar-refractivity contribution in [3.05, 3.63) is 59.7 Å². The molecule has 0 heterocycles. The third-order valence-corrected chi connectivity index (χ3v) is 6.08. The van der Waals surface area contributed by atoms with Gasteiger partial charge >= 0.3 is 18.2 Å². The van der Waals surface area contributed by atoms with Crippen molar-refractivity contribution in [3.8, 4) is 11.1 Å². The number of likely N-dealkylation sites (N-methyl/N-ethyl adjacent to an activating group) is 1. The number of amides is 2. The molecule has 2 aromatic carbocycles. The normalized spacial score (nSPS) is 15.6. The molecule has 3 N–H and O–H groups in total. The molecule has 1 aliphatic rings. The lowest BCUT2D eigenvalue weighted by molar-refractivity contribution is -0.784. The minimum absolute atomic E-state index is 0.0196. The molecule has 2 aromatic rings. The Kier molecular flexibility index (Phi) is 7.43. The summed E-state index contributed by atoms with van der Waals surface area (Å²) in [5.41, 5.74) is 8.81. The lowest BCUT2D eigenvalue weighted by Gasteiger charge is -2.34. The average molecular weight is 470 g/mol. The van der Waals surface area contributed by atoms with E-state index < -0.39 is 34.3 Å². The smallest absolute Gasteiger partial charge is 0.477 e. The highest BCUT2D eigenvalue weighted by atomic mass is 16.6. The van der Waals surface area contributed by atoms with Crippen LogP contribution < -0.4 is 5.73 Å². The topological polar surface area (TPSA) is 116 Å². The van der Waals surface area contributed by atoms with Crippen LogP contribution >= 0.6 is 0 Å². The number of benzene rings is 2. The maximum Gasteiger partial charge on any atom is 0.527 e. The van der Waals surface area contributed by atoms with E-state index >= 15 is 0 Å². The molecular formula is C26H33N2O6+. The zero-order valence-electron chi connectivity index (χ0n) is 20.1. The van der Waals surface area contributed by atoms with Gasteiger partial charge in [-0.15, -0.1) is 4.48 Å². The van der Waals surface area contributed by atoms with Crippen molar-refractivity contribution in [1.82, 2.24) is 0 Å². The number of carbonyl (C=O) groups is 3. The summed E-state index contributed by atoms with van der Waals surface area (Å²) in [6.45, 7) is 5.16. The molecule has 3 rings (SSSR count). The molecule has 0 spiro atoms. The number of imide groups is 1. The van der Waals surface area contributed by atoms with Gasteiger partial charge in [-0.25, -0.2) is 4.79 Å². The van der Waals surface area contributed by atoms with Crippen molar-refractivity contribution in [2.75, 3.05) is 20.2 Å². The summed E-state index contributed by atoms with van der Waals surface area (Å²) in [6.07, 6.45) is -1.61. The number of ether oxygens (including phenoxy) is 2. The number of rotatable bonds is 7. The monoisotopic (exact) mass is 469 g/mol. The molecule has 1 aliphatic carbocycles. The Morgan fingerprint density at radius 2 is 1.53 bits per heavy atom. The van der Waals surface area contributed by atoms with E-state index in [0.717, 1.165) is 22.3 Å². The molecule has 182 valence electrons. The summed E-state index contributed by atoms with van der Waals surface area (Å²) in [5.74, 6) is -1.52. The van der Waals surface area contributed by atoms with Crippen LogP contribution in [0.25, 0.3) is 11.1 Å². The van der Waals surface area contributed by atoms with Crippen molar-refractivity contribution in [3.63, 3.8) is 0 Å². The number of nitrogens with two attached hydrogens (primary N) is 1. The average Bonchev–Trinajstić information content (AvgIpc) is 3.10. The lowest BCUT2D eigenvalue weighted by Crippen LogP contribution is -2.64. The molecule has 0 saturated carbocycles. The SMILES string of the molecule is CC(C)(C)OC(=O)[N+](C)(C(=O)OCC1c2ccccc2-c2ccccc21)[C@@H](CCCN)C(=O)O. The van der Waals surface area contributed by atoms with Gasteiger partial charge in [0.25, 0.3) is 0 Å². The van der Waals surface area contributed by atoms with Crippen molar-refractivity contribution < 1.29 is 33.4 Å². The number of hydrogen-bond donors (Lipinski definition) is 2. The van der Waals surface area contributed by atoms with E-state index in [0.29, 0.717) is 6.42 Å². The number of aliphatic carboxylic acids is 1. The van der Waals surface area contributed by atoms with E-state index in [2.05, 4.69) is 0 Å². The van der Waals surface area contributed by atoms with E-state index in [1.165, 1.54) is 7.05 Å². The number of fused-ring (bicyclic) bond motifs is 3. The predicted molar refractivity (Wildman–Crippen MR) is 127 cm³/mol. The number of carboxylic acid groups (broad SMARTS) is 1. The quantitative estimate of drug-likeness (QED) is 0.573. The van der Waals surface area contributed by atoms with Gasteiger partial charge in [0.15, 0.2) is 0 Å². The first-order chi connectivity index (χ1) is 16.0. The summed E-state index contributed by atoms with van der Waals surface area (Å²) in [6, 6.07) is 14.4. The molecule has 0 aromatic heterocycles. The van der Waals surface area contributed by atoms with Crippen LogP contribution in [0.4, 0.5) is 9.59 Å². The fourth-order valence-electron chi connectivity index (χ4n) is 4.33. The molecule has 0 radical (unpaired) electrons. The molecule has 0 fully saturated rings.